The number of carbonyl (C=O) groups excluding carboxylic acids is 2. The highest BCUT2D eigenvalue weighted by Crippen LogP contribution is 2.24. The van der Waals surface area contributed by atoms with Crippen molar-refractivity contribution in [1.29, 1.82) is 0 Å². The van der Waals surface area contributed by atoms with E-state index in [1.54, 1.807) is 0 Å². The molecule has 2 aromatic carbocycles. The fraction of sp³-hybridized carbons (Fsp3) is 0.391. The zero-order chi connectivity index (χ0) is 19.1. The lowest BCUT2D eigenvalue weighted by molar-refractivity contribution is -0.126. The highest BCUT2D eigenvalue weighted by molar-refractivity contribution is 6.05. The van der Waals surface area contributed by atoms with E-state index in [1.165, 1.54) is 12.5 Å². The minimum absolute atomic E-state index is 0. The van der Waals surface area contributed by atoms with Gasteiger partial charge in [0.1, 0.15) is 5.78 Å². The van der Waals surface area contributed by atoms with Crippen LogP contribution in [0.1, 0.15) is 31.7 Å². The SMILES string of the molecule is CC(=O)CC(=O)N(c1ccccc1)C1CCN(CCc2ccccc2)CC1.Cl. The van der Waals surface area contributed by atoms with Crippen molar-refractivity contribution in [3.05, 3.63) is 66.2 Å². The number of Topliss-reactive ketones (excluding diaryl/α,β-unsaturated/α-hetero) is 1. The Hall–Kier alpha value is -2.17. The van der Waals surface area contributed by atoms with E-state index in [-0.39, 0.29) is 36.6 Å². The minimum Gasteiger partial charge on any atom is -0.309 e. The number of carbonyl (C=O) groups is 2. The molecule has 4 nitrogen and oxygen atoms in total. The Morgan fingerprint density at radius 2 is 1.54 bits per heavy atom. The van der Waals surface area contributed by atoms with Gasteiger partial charge in [0.05, 0.1) is 6.42 Å². The molecule has 150 valence electrons. The van der Waals surface area contributed by atoms with Crippen molar-refractivity contribution in [3.63, 3.8) is 0 Å². The zero-order valence-electron chi connectivity index (χ0n) is 16.4. The molecule has 0 bridgehead atoms. The van der Waals surface area contributed by atoms with E-state index in [4.69, 9.17) is 0 Å². The number of rotatable bonds is 7. The van der Waals surface area contributed by atoms with E-state index < -0.39 is 0 Å². The average molecular weight is 401 g/mol. The summed E-state index contributed by atoms with van der Waals surface area (Å²) in [6.45, 7) is 4.49. The summed E-state index contributed by atoms with van der Waals surface area (Å²) in [4.78, 5) is 28.6. The number of amides is 1. The number of nitrogens with zero attached hydrogens (tertiary/aromatic N) is 2. The molecule has 1 aliphatic rings. The molecule has 1 saturated heterocycles. The molecular weight excluding hydrogens is 372 g/mol. The van der Waals surface area contributed by atoms with Crippen LogP contribution >= 0.6 is 12.4 Å². The van der Waals surface area contributed by atoms with Gasteiger partial charge in [-0.1, -0.05) is 48.5 Å². The van der Waals surface area contributed by atoms with Crippen molar-refractivity contribution < 1.29 is 9.59 Å². The van der Waals surface area contributed by atoms with Crippen molar-refractivity contribution in [2.45, 2.75) is 38.6 Å². The maximum Gasteiger partial charge on any atom is 0.234 e. The van der Waals surface area contributed by atoms with Crippen molar-refractivity contribution in [3.8, 4) is 0 Å². The van der Waals surface area contributed by atoms with Crippen LogP contribution in [0.2, 0.25) is 0 Å². The molecule has 0 N–H and O–H groups in total. The van der Waals surface area contributed by atoms with Gasteiger partial charge < -0.3 is 9.80 Å². The predicted octanol–water partition coefficient (Wildman–Crippen LogP) is 4.13. The maximum atomic E-state index is 12.7. The van der Waals surface area contributed by atoms with Crippen molar-refractivity contribution in [2.24, 2.45) is 0 Å². The van der Waals surface area contributed by atoms with Crippen molar-refractivity contribution in [2.75, 3.05) is 24.5 Å². The van der Waals surface area contributed by atoms with E-state index in [0.717, 1.165) is 44.6 Å². The second-order valence-corrected chi connectivity index (χ2v) is 7.29. The number of hydrogen-bond donors (Lipinski definition) is 0. The molecule has 3 rings (SSSR count). The van der Waals surface area contributed by atoms with Gasteiger partial charge in [0, 0.05) is 31.4 Å². The van der Waals surface area contributed by atoms with E-state index >= 15 is 0 Å². The Kier molecular flexibility index (Phi) is 8.68. The Morgan fingerprint density at radius 3 is 2.11 bits per heavy atom. The summed E-state index contributed by atoms with van der Waals surface area (Å²) >= 11 is 0. The average Bonchev–Trinajstić information content (AvgIpc) is 2.69. The van der Waals surface area contributed by atoms with Gasteiger partial charge in [-0.2, -0.15) is 0 Å². The number of anilines is 1. The molecule has 0 radical (unpaired) electrons. The van der Waals surface area contributed by atoms with E-state index in [2.05, 4.69) is 29.2 Å². The second kappa shape index (κ2) is 11.0. The first-order valence-corrected chi connectivity index (χ1v) is 9.76. The lowest BCUT2D eigenvalue weighted by Gasteiger charge is -2.38. The van der Waals surface area contributed by atoms with Gasteiger partial charge in [0.15, 0.2) is 0 Å². The van der Waals surface area contributed by atoms with Crippen LogP contribution < -0.4 is 4.90 Å². The van der Waals surface area contributed by atoms with E-state index in [0.29, 0.717) is 0 Å². The molecule has 0 aliphatic carbocycles. The number of piperidine rings is 1. The second-order valence-electron chi connectivity index (χ2n) is 7.29. The standard InChI is InChI=1S/C23H28N2O2.ClH/c1-19(26)18-23(27)25(21-10-6-3-7-11-21)22-13-16-24(17-14-22)15-12-20-8-4-2-5-9-20;/h2-11,22H,12-18H2,1H3;1H. The Balaban J connectivity index is 0.00000280. The number of likely N-dealkylation sites (tertiary alicyclic amines) is 1. The Bertz CT molecular complexity index is 744. The topological polar surface area (TPSA) is 40.6 Å². The van der Waals surface area contributed by atoms with Crippen LogP contribution in [0.3, 0.4) is 0 Å². The van der Waals surface area contributed by atoms with Gasteiger partial charge in [-0.25, -0.2) is 0 Å². The molecule has 1 fully saturated rings. The van der Waals surface area contributed by atoms with Crippen LogP contribution in [-0.2, 0) is 16.0 Å². The quantitative estimate of drug-likeness (QED) is 0.656. The third kappa shape index (κ3) is 6.18. The van der Waals surface area contributed by atoms with Crippen LogP contribution in [0.25, 0.3) is 0 Å². The number of benzene rings is 2. The summed E-state index contributed by atoms with van der Waals surface area (Å²) in [6, 6.07) is 20.5. The summed E-state index contributed by atoms with van der Waals surface area (Å²) in [7, 11) is 0. The summed E-state index contributed by atoms with van der Waals surface area (Å²) in [5.41, 5.74) is 2.26. The fourth-order valence-corrected chi connectivity index (χ4v) is 3.78. The normalized spacial score (nSPS) is 14.9. The van der Waals surface area contributed by atoms with Crippen molar-refractivity contribution >= 4 is 29.8 Å². The smallest absolute Gasteiger partial charge is 0.234 e. The summed E-state index contributed by atoms with van der Waals surface area (Å²) in [6.07, 6.45) is 2.90. The van der Waals surface area contributed by atoms with Crippen LogP contribution in [0.5, 0.6) is 0 Å². The van der Waals surface area contributed by atoms with E-state index in [9.17, 15) is 9.59 Å². The maximum absolute atomic E-state index is 12.7. The van der Waals surface area contributed by atoms with Gasteiger partial charge in [0.2, 0.25) is 5.91 Å². The zero-order valence-corrected chi connectivity index (χ0v) is 17.2. The highest BCUT2D eigenvalue weighted by Gasteiger charge is 2.29. The lowest BCUT2D eigenvalue weighted by Crippen LogP contribution is -2.48. The van der Waals surface area contributed by atoms with Gasteiger partial charge in [-0.05, 0) is 43.9 Å². The molecule has 1 aliphatic heterocycles. The molecule has 1 amide bonds. The minimum atomic E-state index is -0.0866. The van der Waals surface area contributed by atoms with Gasteiger partial charge in [0.25, 0.3) is 0 Å². The molecule has 0 atom stereocenters. The predicted molar refractivity (Wildman–Crippen MR) is 116 cm³/mol. The molecule has 0 unspecified atom stereocenters. The molecule has 1 heterocycles. The molecular formula is C23H29ClN2O2. The molecule has 5 heteroatoms. The summed E-state index contributed by atoms with van der Waals surface area (Å²) in [5, 5.41) is 0. The molecule has 2 aromatic rings. The number of hydrogen-bond acceptors (Lipinski definition) is 3. The van der Waals surface area contributed by atoms with Crippen LogP contribution in [0.15, 0.2) is 60.7 Å². The van der Waals surface area contributed by atoms with E-state index in [1.807, 2.05) is 41.3 Å². The molecule has 0 saturated carbocycles. The van der Waals surface area contributed by atoms with Gasteiger partial charge in [-0.15, -0.1) is 12.4 Å². The summed E-state index contributed by atoms with van der Waals surface area (Å²) < 4.78 is 0. The highest BCUT2D eigenvalue weighted by atomic mass is 35.5. The largest absolute Gasteiger partial charge is 0.309 e. The first-order valence-electron chi connectivity index (χ1n) is 9.76. The summed E-state index contributed by atoms with van der Waals surface area (Å²) in [5.74, 6) is -0.169. The third-order valence-corrected chi connectivity index (χ3v) is 5.19. The first-order chi connectivity index (χ1) is 13.1. The lowest BCUT2D eigenvalue weighted by atomic mass is 10.0. The fourth-order valence-electron chi connectivity index (χ4n) is 3.78. The number of para-hydroxylation sites is 1. The number of halogens is 1. The van der Waals surface area contributed by atoms with Crippen LogP contribution in [0.4, 0.5) is 5.69 Å². The monoisotopic (exact) mass is 400 g/mol. The van der Waals surface area contributed by atoms with Gasteiger partial charge in [-0.3, -0.25) is 9.59 Å². The van der Waals surface area contributed by atoms with Crippen LogP contribution in [-0.4, -0.2) is 42.3 Å². The molecule has 0 aromatic heterocycles. The number of ketones is 1. The Morgan fingerprint density at radius 1 is 0.964 bits per heavy atom. The molecule has 0 spiro atoms. The van der Waals surface area contributed by atoms with Crippen LogP contribution in [0, 0.1) is 0 Å². The van der Waals surface area contributed by atoms with Crippen molar-refractivity contribution in [1.82, 2.24) is 4.90 Å². The molecule has 28 heavy (non-hydrogen) atoms. The first kappa shape index (κ1) is 22.1. The Labute approximate surface area is 173 Å². The third-order valence-electron chi connectivity index (χ3n) is 5.19. The van der Waals surface area contributed by atoms with Gasteiger partial charge >= 0.3 is 0 Å².